The molecule has 0 aromatic carbocycles. The highest BCUT2D eigenvalue weighted by atomic mass is 16.3. The molecule has 2 rings (SSSR count). The van der Waals surface area contributed by atoms with E-state index in [1.54, 1.807) is 26.2 Å². The van der Waals surface area contributed by atoms with Crippen LogP contribution in [0, 0.1) is 13.8 Å². The molecule has 148 valence electrons. The Morgan fingerprint density at radius 3 is 1.37 bits per heavy atom. The molecule has 2 aromatic rings. The van der Waals surface area contributed by atoms with Crippen LogP contribution >= 0.6 is 0 Å². The van der Waals surface area contributed by atoms with Crippen molar-refractivity contribution < 1.29 is 10.2 Å². The van der Waals surface area contributed by atoms with Gasteiger partial charge < -0.3 is 19.3 Å². The third kappa shape index (κ3) is 5.74. The first-order valence-electron chi connectivity index (χ1n) is 9.70. The number of hydrogen-bond acceptors (Lipinski definition) is 4. The molecule has 0 aliphatic heterocycles. The molecular weight excluding hydrogens is 344 g/mol. The van der Waals surface area contributed by atoms with Crippen LogP contribution in [0.25, 0.3) is 0 Å². The molecule has 0 unspecified atom stereocenters. The molecule has 0 saturated carbocycles. The van der Waals surface area contributed by atoms with Crippen LogP contribution in [0.4, 0.5) is 0 Å². The second-order valence-corrected chi connectivity index (χ2v) is 7.09. The van der Waals surface area contributed by atoms with Crippen molar-refractivity contribution in [2.75, 3.05) is 0 Å². The Hall–Kier alpha value is -2.50. The van der Waals surface area contributed by atoms with Gasteiger partial charge in [-0.3, -0.25) is 9.59 Å². The van der Waals surface area contributed by atoms with E-state index in [0.29, 0.717) is 11.4 Å². The fourth-order valence-electron chi connectivity index (χ4n) is 3.26. The Labute approximate surface area is 159 Å². The Bertz CT molecular complexity index is 796. The molecule has 0 amide bonds. The molecule has 0 fully saturated rings. The number of aryl methyl sites for hydroxylation is 2. The van der Waals surface area contributed by atoms with E-state index in [1.165, 1.54) is 31.4 Å². The first kappa shape index (κ1) is 20.8. The van der Waals surface area contributed by atoms with Crippen molar-refractivity contribution >= 4 is 0 Å². The maximum Gasteiger partial charge on any atom is 0.223 e. The predicted octanol–water partition coefficient (Wildman–Crippen LogP) is 3.47. The van der Waals surface area contributed by atoms with Gasteiger partial charge in [0.15, 0.2) is 11.5 Å². The fourth-order valence-corrected chi connectivity index (χ4v) is 3.26. The first-order chi connectivity index (χ1) is 12.9. The van der Waals surface area contributed by atoms with Gasteiger partial charge >= 0.3 is 0 Å². The van der Waals surface area contributed by atoms with Crippen molar-refractivity contribution in [2.45, 2.75) is 71.9 Å². The lowest BCUT2D eigenvalue weighted by atomic mass is 10.1. The van der Waals surface area contributed by atoms with E-state index in [1.807, 2.05) is 9.13 Å². The van der Waals surface area contributed by atoms with E-state index in [2.05, 4.69) is 0 Å². The van der Waals surface area contributed by atoms with E-state index in [-0.39, 0.29) is 22.4 Å². The van der Waals surface area contributed by atoms with Crippen LogP contribution < -0.4 is 10.9 Å². The number of aromatic nitrogens is 2. The zero-order valence-corrected chi connectivity index (χ0v) is 16.3. The van der Waals surface area contributed by atoms with Gasteiger partial charge in [0.1, 0.15) is 0 Å². The number of unbranched alkanes of at least 4 members (excludes halogenated alkanes) is 6. The van der Waals surface area contributed by atoms with E-state index in [0.717, 1.165) is 38.8 Å². The summed E-state index contributed by atoms with van der Waals surface area (Å²) in [7, 11) is 0. The van der Waals surface area contributed by atoms with Gasteiger partial charge in [0, 0.05) is 37.6 Å². The molecule has 2 N–H and O–H groups in total. The second-order valence-electron chi connectivity index (χ2n) is 7.09. The molecule has 27 heavy (non-hydrogen) atoms. The third-order valence-electron chi connectivity index (χ3n) is 5.12. The Morgan fingerprint density at radius 2 is 1.00 bits per heavy atom. The summed E-state index contributed by atoms with van der Waals surface area (Å²) in [5.41, 5.74) is 0.616. The molecular formula is C21H30N2O4. The maximum atomic E-state index is 11.3. The van der Waals surface area contributed by atoms with Crippen molar-refractivity contribution in [1.29, 1.82) is 0 Å². The van der Waals surface area contributed by atoms with Crippen LogP contribution in [0.2, 0.25) is 0 Å². The molecule has 0 spiro atoms. The number of nitrogens with zero attached hydrogens (tertiary/aromatic N) is 2. The second kappa shape index (κ2) is 10.00. The smallest absolute Gasteiger partial charge is 0.223 e. The van der Waals surface area contributed by atoms with Crippen LogP contribution in [0.1, 0.15) is 56.3 Å². The highest BCUT2D eigenvalue weighted by Gasteiger charge is 2.05. The number of hydrogen-bond donors (Lipinski definition) is 2. The van der Waals surface area contributed by atoms with Crippen molar-refractivity contribution in [3.63, 3.8) is 0 Å². The molecule has 6 nitrogen and oxygen atoms in total. The number of rotatable bonds is 10. The molecule has 0 saturated heterocycles. The monoisotopic (exact) mass is 374 g/mol. The summed E-state index contributed by atoms with van der Waals surface area (Å²) < 4.78 is 3.86. The van der Waals surface area contributed by atoms with Crippen molar-refractivity contribution in [1.82, 2.24) is 9.13 Å². The molecule has 0 bridgehead atoms. The van der Waals surface area contributed by atoms with Gasteiger partial charge in [-0.15, -0.1) is 0 Å². The summed E-state index contributed by atoms with van der Waals surface area (Å²) in [6, 6.07) is 2.82. The largest absolute Gasteiger partial charge is 0.503 e. The topological polar surface area (TPSA) is 84.5 Å². The SMILES string of the molecule is Cc1c(O)c(=O)ccn1CCCCCCCCCn1ccc(=O)c(O)c1C. The minimum Gasteiger partial charge on any atom is -0.503 e. The number of pyridine rings is 2. The lowest BCUT2D eigenvalue weighted by Gasteiger charge is -2.12. The van der Waals surface area contributed by atoms with Crippen LogP contribution in [0.3, 0.4) is 0 Å². The van der Waals surface area contributed by atoms with Crippen LogP contribution in [-0.4, -0.2) is 19.3 Å². The maximum absolute atomic E-state index is 11.3. The van der Waals surface area contributed by atoms with E-state index in [9.17, 15) is 19.8 Å². The molecule has 0 radical (unpaired) electrons. The van der Waals surface area contributed by atoms with Gasteiger partial charge in [0.05, 0.1) is 11.4 Å². The molecule has 2 aromatic heterocycles. The van der Waals surface area contributed by atoms with Crippen molar-refractivity contribution in [2.24, 2.45) is 0 Å². The predicted molar refractivity (Wildman–Crippen MR) is 107 cm³/mol. The van der Waals surface area contributed by atoms with Crippen molar-refractivity contribution in [3.05, 3.63) is 56.4 Å². The lowest BCUT2D eigenvalue weighted by Crippen LogP contribution is -2.10. The summed E-state index contributed by atoms with van der Waals surface area (Å²) in [6.07, 6.45) is 11.3. The Kier molecular flexibility index (Phi) is 7.70. The summed E-state index contributed by atoms with van der Waals surface area (Å²) in [5, 5.41) is 19.3. The average molecular weight is 374 g/mol. The van der Waals surface area contributed by atoms with Crippen LogP contribution in [-0.2, 0) is 13.1 Å². The van der Waals surface area contributed by atoms with Crippen LogP contribution in [0.15, 0.2) is 34.1 Å². The Balaban J connectivity index is 1.58. The standard InChI is InChI=1S/C21H30N2O4/c1-16-20(26)18(24)10-14-22(16)12-8-6-4-3-5-7-9-13-23-15-11-19(25)21(27)17(23)2/h10-11,14-15,26-27H,3-9,12-13H2,1-2H3. The minimum absolute atomic E-state index is 0.149. The quantitative estimate of drug-likeness (QED) is 0.624. The van der Waals surface area contributed by atoms with Crippen molar-refractivity contribution in [3.8, 4) is 11.5 Å². The van der Waals surface area contributed by atoms with Gasteiger partial charge in [0.2, 0.25) is 10.9 Å². The lowest BCUT2D eigenvalue weighted by molar-refractivity contribution is 0.447. The molecule has 0 atom stereocenters. The van der Waals surface area contributed by atoms with Gasteiger partial charge in [-0.2, -0.15) is 0 Å². The zero-order chi connectivity index (χ0) is 19.8. The van der Waals surface area contributed by atoms with Gasteiger partial charge in [-0.05, 0) is 26.7 Å². The highest BCUT2D eigenvalue weighted by molar-refractivity contribution is 5.25. The molecule has 0 aliphatic rings. The fraction of sp³-hybridized carbons (Fsp3) is 0.524. The Morgan fingerprint density at radius 1 is 0.667 bits per heavy atom. The summed E-state index contributed by atoms with van der Waals surface area (Å²) >= 11 is 0. The molecule has 0 aliphatic carbocycles. The molecule has 6 heteroatoms. The van der Waals surface area contributed by atoms with Crippen LogP contribution in [0.5, 0.6) is 11.5 Å². The molecule has 2 heterocycles. The number of aromatic hydroxyl groups is 2. The highest BCUT2D eigenvalue weighted by Crippen LogP contribution is 2.14. The normalized spacial score (nSPS) is 11.0. The van der Waals surface area contributed by atoms with Gasteiger partial charge in [-0.1, -0.05) is 32.1 Å². The average Bonchev–Trinajstić information content (AvgIpc) is 2.66. The summed E-state index contributed by atoms with van der Waals surface area (Å²) in [5.74, 6) is -0.298. The third-order valence-corrected chi connectivity index (χ3v) is 5.12. The van der Waals surface area contributed by atoms with E-state index < -0.39 is 0 Å². The van der Waals surface area contributed by atoms with Gasteiger partial charge in [-0.25, -0.2) is 0 Å². The van der Waals surface area contributed by atoms with Gasteiger partial charge in [0.25, 0.3) is 0 Å². The first-order valence-corrected chi connectivity index (χ1v) is 9.70. The summed E-state index contributed by atoms with van der Waals surface area (Å²) in [4.78, 5) is 22.7. The minimum atomic E-state index is -0.323. The van der Waals surface area contributed by atoms with E-state index in [4.69, 9.17) is 0 Å². The zero-order valence-electron chi connectivity index (χ0n) is 16.3. The van der Waals surface area contributed by atoms with E-state index >= 15 is 0 Å². The summed E-state index contributed by atoms with van der Waals surface area (Å²) in [6.45, 7) is 5.16.